The van der Waals surface area contributed by atoms with Crippen molar-refractivity contribution in [3.8, 4) is 0 Å². The van der Waals surface area contributed by atoms with Crippen LogP contribution in [0.3, 0.4) is 0 Å². The normalized spacial score (nSPS) is 15.1. The van der Waals surface area contributed by atoms with Crippen molar-refractivity contribution in [3.05, 3.63) is 53.6 Å². The number of hydrogen-bond acceptors (Lipinski definition) is 3. The van der Waals surface area contributed by atoms with Gasteiger partial charge >= 0.3 is 6.18 Å². The summed E-state index contributed by atoms with van der Waals surface area (Å²) in [7, 11) is -3.11. The van der Waals surface area contributed by atoms with E-state index in [4.69, 9.17) is 0 Å². The van der Waals surface area contributed by atoms with E-state index >= 15 is 0 Å². The molecule has 0 spiro atoms. The molecule has 1 saturated carbocycles. The lowest BCUT2D eigenvalue weighted by molar-refractivity contribution is -0.139. The number of benzene rings is 2. The predicted octanol–water partition coefficient (Wildman–Crippen LogP) is 4.76. The summed E-state index contributed by atoms with van der Waals surface area (Å²) < 4.78 is 93.5. The molecule has 0 atom stereocenters. The molecule has 1 fully saturated rings. The van der Waals surface area contributed by atoms with Crippen molar-refractivity contribution in [1.82, 2.24) is 4.31 Å². The van der Waals surface area contributed by atoms with Crippen LogP contribution in [0.4, 0.5) is 33.3 Å². The van der Waals surface area contributed by atoms with Crippen LogP contribution in [-0.2, 0) is 16.2 Å². The molecule has 2 aromatic rings. The van der Waals surface area contributed by atoms with Gasteiger partial charge in [-0.2, -0.15) is 13.2 Å². The molecule has 1 N–H and O–H groups in total. The lowest BCUT2D eigenvalue weighted by Crippen LogP contribution is -2.30. The number of alkyl halides is 3. The number of halogens is 5. The van der Waals surface area contributed by atoms with E-state index in [0.29, 0.717) is 12.1 Å². The molecule has 0 radical (unpaired) electrons. The Bertz CT molecular complexity index is 988. The molecule has 152 valence electrons. The summed E-state index contributed by atoms with van der Waals surface area (Å²) in [5.41, 5.74) is -1.78. The van der Waals surface area contributed by atoms with Crippen molar-refractivity contribution >= 4 is 21.4 Å². The third-order valence-corrected chi connectivity index (χ3v) is 6.28. The average molecular weight is 420 g/mol. The van der Waals surface area contributed by atoms with E-state index in [1.807, 2.05) is 0 Å². The number of anilines is 2. The number of nitrogens with zero attached hydrogens (tertiary/aromatic N) is 1. The first-order valence-electron chi connectivity index (χ1n) is 8.38. The van der Waals surface area contributed by atoms with E-state index in [2.05, 4.69) is 5.32 Å². The molecule has 10 heteroatoms. The Morgan fingerprint density at radius 3 is 2.36 bits per heavy atom. The smallest absolute Gasteiger partial charge is 0.353 e. The standard InChI is InChI=1S/C18H17F5N2O2S/c1-25(10-11-2-3-11)28(26,27)17-7-5-13(9-14(17)18(21,22)23)24-16-6-4-12(19)8-15(16)20/h4-9,11,24H,2-3,10H2,1H3. The van der Waals surface area contributed by atoms with Gasteiger partial charge in [0.2, 0.25) is 10.0 Å². The molecule has 0 aliphatic heterocycles. The van der Waals surface area contributed by atoms with E-state index < -0.39 is 38.3 Å². The van der Waals surface area contributed by atoms with Crippen molar-refractivity contribution in [2.45, 2.75) is 23.9 Å². The average Bonchev–Trinajstić information content (AvgIpc) is 3.40. The van der Waals surface area contributed by atoms with Gasteiger partial charge in [-0.1, -0.05) is 0 Å². The quantitative estimate of drug-likeness (QED) is 0.686. The zero-order chi connectivity index (χ0) is 20.7. The van der Waals surface area contributed by atoms with Gasteiger partial charge in [0, 0.05) is 25.3 Å². The van der Waals surface area contributed by atoms with Crippen molar-refractivity contribution in [2.24, 2.45) is 5.92 Å². The van der Waals surface area contributed by atoms with Crippen LogP contribution in [0.2, 0.25) is 0 Å². The highest BCUT2D eigenvalue weighted by Gasteiger charge is 2.39. The maximum Gasteiger partial charge on any atom is 0.417 e. The van der Waals surface area contributed by atoms with Gasteiger partial charge in [0.25, 0.3) is 0 Å². The van der Waals surface area contributed by atoms with Crippen molar-refractivity contribution in [1.29, 1.82) is 0 Å². The second-order valence-electron chi connectivity index (χ2n) is 6.69. The molecule has 0 amide bonds. The second-order valence-corrected chi connectivity index (χ2v) is 8.70. The van der Waals surface area contributed by atoms with Crippen LogP contribution in [-0.4, -0.2) is 26.3 Å². The summed E-state index contributed by atoms with van der Waals surface area (Å²) in [6, 6.07) is 5.11. The van der Waals surface area contributed by atoms with Crippen LogP contribution in [0.15, 0.2) is 41.3 Å². The van der Waals surface area contributed by atoms with Crippen molar-refractivity contribution in [2.75, 3.05) is 18.9 Å². The molecule has 28 heavy (non-hydrogen) atoms. The first kappa shape index (κ1) is 20.5. The SMILES string of the molecule is CN(CC1CC1)S(=O)(=O)c1ccc(Nc2ccc(F)cc2F)cc1C(F)(F)F. The Labute approximate surface area is 159 Å². The molecule has 4 nitrogen and oxygen atoms in total. The Balaban J connectivity index is 1.98. The van der Waals surface area contributed by atoms with E-state index in [0.717, 1.165) is 41.4 Å². The van der Waals surface area contributed by atoms with Gasteiger partial charge in [0.15, 0.2) is 0 Å². The fourth-order valence-corrected chi connectivity index (χ4v) is 4.17. The topological polar surface area (TPSA) is 49.4 Å². The Hall–Kier alpha value is -2.20. The van der Waals surface area contributed by atoms with Crippen LogP contribution >= 0.6 is 0 Å². The molecule has 1 aliphatic rings. The Kier molecular flexibility index (Phi) is 5.37. The van der Waals surface area contributed by atoms with Gasteiger partial charge in [-0.3, -0.25) is 0 Å². The molecule has 0 bridgehead atoms. The van der Waals surface area contributed by atoms with Gasteiger partial charge in [-0.15, -0.1) is 0 Å². The van der Waals surface area contributed by atoms with E-state index in [-0.39, 0.29) is 23.8 Å². The molecule has 2 aromatic carbocycles. The minimum atomic E-state index is -4.94. The zero-order valence-electron chi connectivity index (χ0n) is 14.7. The summed E-state index contributed by atoms with van der Waals surface area (Å²) in [5.74, 6) is -1.66. The Morgan fingerprint density at radius 2 is 1.79 bits per heavy atom. The highest BCUT2D eigenvalue weighted by Crippen LogP contribution is 2.38. The third-order valence-electron chi connectivity index (χ3n) is 4.40. The molecule has 0 heterocycles. The monoisotopic (exact) mass is 420 g/mol. The highest BCUT2D eigenvalue weighted by atomic mass is 32.2. The summed E-state index contributed by atoms with van der Waals surface area (Å²) in [5, 5.41) is 2.41. The van der Waals surface area contributed by atoms with Gasteiger partial charge in [0.1, 0.15) is 11.6 Å². The molecule has 1 aliphatic carbocycles. The maximum absolute atomic E-state index is 13.7. The fourth-order valence-electron chi connectivity index (χ4n) is 2.73. The zero-order valence-corrected chi connectivity index (χ0v) is 15.5. The van der Waals surface area contributed by atoms with E-state index in [9.17, 15) is 30.4 Å². The highest BCUT2D eigenvalue weighted by molar-refractivity contribution is 7.89. The molecule has 3 rings (SSSR count). The summed E-state index contributed by atoms with van der Waals surface area (Å²) in [4.78, 5) is -0.867. The minimum absolute atomic E-state index is 0.153. The van der Waals surface area contributed by atoms with E-state index in [1.165, 1.54) is 7.05 Å². The third kappa shape index (κ3) is 4.44. The fraction of sp³-hybridized carbons (Fsp3) is 0.333. The number of sulfonamides is 1. The van der Waals surface area contributed by atoms with Crippen LogP contribution in [0.5, 0.6) is 0 Å². The number of rotatable bonds is 6. The molecular formula is C18H17F5N2O2S. The largest absolute Gasteiger partial charge is 0.417 e. The lowest BCUT2D eigenvalue weighted by Gasteiger charge is -2.21. The predicted molar refractivity (Wildman–Crippen MR) is 93.6 cm³/mol. The first-order valence-corrected chi connectivity index (χ1v) is 9.82. The molecule has 0 unspecified atom stereocenters. The lowest BCUT2D eigenvalue weighted by atomic mass is 10.2. The van der Waals surface area contributed by atoms with Gasteiger partial charge in [-0.25, -0.2) is 21.5 Å². The van der Waals surface area contributed by atoms with Gasteiger partial charge in [-0.05, 0) is 49.1 Å². The van der Waals surface area contributed by atoms with Crippen LogP contribution in [0.1, 0.15) is 18.4 Å². The summed E-state index contributed by atoms with van der Waals surface area (Å²) >= 11 is 0. The van der Waals surface area contributed by atoms with E-state index in [1.54, 1.807) is 0 Å². The van der Waals surface area contributed by atoms with Crippen molar-refractivity contribution < 1.29 is 30.4 Å². The van der Waals surface area contributed by atoms with Crippen LogP contribution < -0.4 is 5.32 Å². The number of nitrogens with one attached hydrogen (secondary N) is 1. The Morgan fingerprint density at radius 1 is 1.11 bits per heavy atom. The minimum Gasteiger partial charge on any atom is -0.353 e. The number of hydrogen-bond donors (Lipinski definition) is 1. The second kappa shape index (κ2) is 7.32. The first-order chi connectivity index (χ1) is 13.0. The van der Waals surface area contributed by atoms with Crippen molar-refractivity contribution in [3.63, 3.8) is 0 Å². The van der Waals surface area contributed by atoms with Gasteiger partial charge in [0.05, 0.1) is 16.1 Å². The van der Waals surface area contributed by atoms with Crippen LogP contribution in [0.25, 0.3) is 0 Å². The molecule has 0 saturated heterocycles. The molecule has 0 aromatic heterocycles. The summed E-state index contributed by atoms with van der Waals surface area (Å²) in [6.07, 6.45) is -3.25. The van der Waals surface area contributed by atoms with Crippen LogP contribution in [0, 0.1) is 17.6 Å². The van der Waals surface area contributed by atoms with Gasteiger partial charge < -0.3 is 5.32 Å². The molecular weight excluding hydrogens is 403 g/mol. The maximum atomic E-state index is 13.7. The summed E-state index contributed by atoms with van der Waals surface area (Å²) in [6.45, 7) is 0.153.